The Morgan fingerprint density at radius 1 is 1.19 bits per heavy atom. The van der Waals surface area contributed by atoms with Crippen LogP contribution < -0.4 is 0 Å². The van der Waals surface area contributed by atoms with Crippen molar-refractivity contribution in [2.75, 3.05) is 50.8 Å². The SMILES string of the molecule is CC(C)CN(C(=O)CN1CCN(S(=O)(=O)c2ccccc2F)CC1)[C@H]1CCS(=O)(=O)C1. The zero-order valence-electron chi connectivity index (χ0n) is 17.9. The Balaban J connectivity index is 1.61. The zero-order valence-corrected chi connectivity index (χ0v) is 19.5. The van der Waals surface area contributed by atoms with Gasteiger partial charge in [-0.05, 0) is 24.5 Å². The highest BCUT2D eigenvalue weighted by atomic mass is 32.2. The van der Waals surface area contributed by atoms with E-state index >= 15 is 0 Å². The second-order valence-corrected chi connectivity index (χ2v) is 12.7. The molecule has 0 N–H and O–H groups in total. The largest absolute Gasteiger partial charge is 0.337 e. The van der Waals surface area contributed by atoms with Gasteiger partial charge in [-0.3, -0.25) is 9.69 Å². The molecule has 1 aromatic rings. The third kappa shape index (κ3) is 5.82. The number of piperazine rings is 1. The van der Waals surface area contributed by atoms with Crippen LogP contribution in [0.5, 0.6) is 0 Å². The van der Waals surface area contributed by atoms with Crippen molar-refractivity contribution in [1.82, 2.24) is 14.1 Å². The van der Waals surface area contributed by atoms with Gasteiger partial charge in [-0.2, -0.15) is 4.31 Å². The maximum absolute atomic E-state index is 14.0. The summed E-state index contributed by atoms with van der Waals surface area (Å²) < 4.78 is 64.4. The first-order valence-corrected chi connectivity index (χ1v) is 13.7. The topological polar surface area (TPSA) is 95.1 Å². The lowest BCUT2D eigenvalue weighted by atomic mass is 10.1. The van der Waals surface area contributed by atoms with E-state index in [0.29, 0.717) is 26.1 Å². The molecule has 174 valence electrons. The van der Waals surface area contributed by atoms with E-state index in [1.54, 1.807) is 4.90 Å². The summed E-state index contributed by atoms with van der Waals surface area (Å²) in [6, 6.07) is 4.99. The van der Waals surface area contributed by atoms with Crippen molar-refractivity contribution in [3.05, 3.63) is 30.1 Å². The summed E-state index contributed by atoms with van der Waals surface area (Å²) in [4.78, 5) is 16.2. The molecule has 1 atom stereocenters. The molecule has 1 aromatic carbocycles. The first kappa shape index (κ1) is 24.1. The number of hydrogen-bond acceptors (Lipinski definition) is 6. The molecule has 8 nitrogen and oxygen atoms in total. The second-order valence-electron chi connectivity index (χ2n) is 8.61. The number of hydrogen-bond donors (Lipinski definition) is 0. The number of rotatable bonds is 7. The summed E-state index contributed by atoms with van der Waals surface area (Å²) in [5.41, 5.74) is 0. The average molecular weight is 476 g/mol. The van der Waals surface area contributed by atoms with Crippen LogP contribution in [0.3, 0.4) is 0 Å². The Kier molecular flexibility index (Phi) is 7.39. The van der Waals surface area contributed by atoms with Crippen LogP contribution in [0.4, 0.5) is 4.39 Å². The van der Waals surface area contributed by atoms with Gasteiger partial charge in [-0.25, -0.2) is 21.2 Å². The third-order valence-corrected chi connectivity index (χ3v) is 9.36. The zero-order chi connectivity index (χ0) is 22.8. The number of carbonyl (C=O) groups is 1. The van der Waals surface area contributed by atoms with Crippen molar-refractivity contribution >= 4 is 25.8 Å². The smallest absolute Gasteiger partial charge is 0.246 e. The van der Waals surface area contributed by atoms with Crippen LogP contribution in [-0.2, 0) is 24.7 Å². The molecule has 2 heterocycles. The molecular formula is C20H30FN3O5S2. The fourth-order valence-electron chi connectivity index (χ4n) is 4.07. The van der Waals surface area contributed by atoms with Gasteiger partial charge in [0.05, 0.1) is 18.1 Å². The van der Waals surface area contributed by atoms with Crippen molar-refractivity contribution in [3.8, 4) is 0 Å². The van der Waals surface area contributed by atoms with Gasteiger partial charge in [0.15, 0.2) is 9.84 Å². The summed E-state index contributed by atoms with van der Waals surface area (Å²) in [5.74, 6) is -0.612. The number of carbonyl (C=O) groups excluding carboxylic acids is 1. The number of sulfonamides is 1. The van der Waals surface area contributed by atoms with Gasteiger partial charge in [0, 0.05) is 38.8 Å². The van der Waals surface area contributed by atoms with Crippen molar-refractivity contribution in [3.63, 3.8) is 0 Å². The molecule has 2 fully saturated rings. The first-order chi connectivity index (χ1) is 14.5. The second kappa shape index (κ2) is 9.51. The lowest BCUT2D eigenvalue weighted by Crippen LogP contribution is -2.53. The highest BCUT2D eigenvalue weighted by Crippen LogP contribution is 2.22. The molecule has 0 aliphatic carbocycles. The highest BCUT2D eigenvalue weighted by molar-refractivity contribution is 7.91. The third-order valence-electron chi connectivity index (χ3n) is 5.68. The molecule has 0 saturated carbocycles. The Bertz CT molecular complexity index is 1010. The molecule has 3 rings (SSSR count). The summed E-state index contributed by atoms with van der Waals surface area (Å²) in [6.45, 7) is 5.57. The molecule has 11 heteroatoms. The quantitative estimate of drug-likeness (QED) is 0.579. The minimum absolute atomic E-state index is 0.000120. The van der Waals surface area contributed by atoms with E-state index in [9.17, 15) is 26.0 Å². The van der Waals surface area contributed by atoms with Crippen LogP contribution >= 0.6 is 0 Å². The van der Waals surface area contributed by atoms with Gasteiger partial charge in [-0.1, -0.05) is 26.0 Å². The number of benzene rings is 1. The number of halogens is 1. The van der Waals surface area contributed by atoms with Gasteiger partial charge in [-0.15, -0.1) is 0 Å². The van der Waals surface area contributed by atoms with Gasteiger partial charge in [0.25, 0.3) is 0 Å². The predicted octanol–water partition coefficient (Wildman–Crippen LogP) is 0.804. The summed E-state index contributed by atoms with van der Waals surface area (Å²) in [5, 5.41) is 0. The van der Waals surface area contributed by atoms with Crippen molar-refractivity contribution < 1.29 is 26.0 Å². The van der Waals surface area contributed by atoms with Gasteiger partial charge in [0.1, 0.15) is 10.7 Å². The van der Waals surface area contributed by atoms with Crippen molar-refractivity contribution in [1.29, 1.82) is 0 Å². The molecular weight excluding hydrogens is 445 g/mol. The number of nitrogens with zero attached hydrogens (tertiary/aromatic N) is 3. The molecule has 2 aliphatic rings. The fourth-order valence-corrected chi connectivity index (χ4v) is 7.29. The Morgan fingerprint density at radius 3 is 2.39 bits per heavy atom. The average Bonchev–Trinajstić information content (AvgIpc) is 3.06. The minimum Gasteiger partial charge on any atom is -0.337 e. The molecule has 0 spiro atoms. The van der Waals surface area contributed by atoms with Gasteiger partial charge >= 0.3 is 0 Å². The number of sulfone groups is 1. The molecule has 0 unspecified atom stereocenters. The van der Waals surface area contributed by atoms with Crippen LogP contribution in [0.15, 0.2) is 29.2 Å². The van der Waals surface area contributed by atoms with E-state index in [1.165, 1.54) is 22.5 Å². The molecule has 2 aliphatic heterocycles. The molecule has 0 aromatic heterocycles. The van der Waals surface area contributed by atoms with Gasteiger partial charge in [0.2, 0.25) is 15.9 Å². The van der Waals surface area contributed by atoms with Gasteiger partial charge < -0.3 is 4.90 Å². The van der Waals surface area contributed by atoms with Crippen LogP contribution in [-0.4, -0.2) is 93.7 Å². The Hall–Kier alpha value is -1.56. The molecule has 1 amide bonds. The standard InChI is InChI=1S/C20H30FN3O5S2/c1-16(2)13-24(17-7-12-30(26,27)15-17)20(25)14-22-8-10-23(11-9-22)31(28,29)19-6-4-3-5-18(19)21/h3-6,16-17H,7-15H2,1-2H3/t17-/m0/s1. The first-order valence-electron chi connectivity index (χ1n) is 10.5. The van der Waals surface area contributed by atoms with E-state index in [1.807, 2.05) is 18.7 Å². The van der Waals surface area contributed by atoms with E-state index in [-0.39, 0.29) is 53.9 Å². The van der Waals surface area contributed by atoms with E-state index in [2.05, 4.69) is 0 Å². The van der Waals surface area contributed by atoms with E-state index in [0.717, 1.165) is 6.07 Å². The normalized spacial score (nSPS) is 22.6. The summed E-state index contributed by atoms with van der Waals surface area (Å²) in [6.07, 6.45) is 0.454. The van der Waals surface area contributed by atoms with Crippen LogP contribution in [0, 0.1) is 11.7 Å². The van der Waals surface area contributed by atoms with E-state index < -0.39 is 25.7 Å². The van der Waals surface area contributed by atoms with Crippen molar-refractivity contribution in [2.45, 2.75) is 31.2 Å². The number of amides is 1. The maximum Gasteiger partial charge on any atom is 0.246 e. The minimum atomic E-state index is -3.93. The predicted molar refractivity (Wildman–Crippen MR) is 115 cm³/mol. The highest BCUT2D eigenvalue weighted by Gasteiger charge is 2.36. The monoisotopic (exact) mass is 475 g/mol. The molecule has 0 bridgehead atoms. The lowest BCUT2D eigenvalue weighted by Gasteiger charge is -2.36. The molecule has 31 heavy (non-hydrogen) atoms. The van der Waals surface area contributed by atoms with Crippen LogP contribution in [0.1, 0.15) is 20.3 Å². The Labute approximate surface area is 184 Å². The Morgan fingerprint density at radius 2 is 1.84 bits per heavy atom. The summed E-state index contributed by atoms with van der Waals surface area (Å²) in [7, 11) is -7.04. The fraction of sp³-hybridized carbons (Fsp3) is 0.650. The van der Waals surface area contributed by atoms with Crippen molar-refractivity contribution in [2.24, 2.45) is 5.92 Å². The summed E-state index contributed by atoms with van der Waals surface area (Å²) >= 11 is 0. The van der Waals surface area contributed by atoms with E-state index in [4.69, 9.17) is 0 Å². The maximum atomic E-state index is 14.0. The van der Waals surface area contributed by atoms with Crippen LogP contribution in [0.2, 0.25) is 0 Å². The van der Waals surface area contributed by atoms with Crippen LogP contribution in [0.25, 0.3) is 0 Å². The lowest BCUT2D eigenvalue weighted by molar-refractivity contribution is -0.135. The molecule has 2 saturated heterocycles. The molecule has 0 radical (unpaired) electrons.